The van der Waals surface area contributed by atoms with Gasteiger partial charge in [-0.15, -0.1) is 0 Å². The zero-order valence-electron chi connectivity index (χ0n) is 14.9. The maximum absolute atomic E-state index is 2.16. The van der Waals surface area contributed by atoms with Gasteiger partial charge in [0.15, 0.2) is 0 Å². The SMILES string of the molecule is CN(C)C1=C\C=C/C=C\C=C/C=C(/c2ccccccccc2)C=C1. The minimum Gasteiger partial charge on any atom is -0.378 e. The second-order valence-corrected chi connectivity index (χ2v) is 5.73. The molecule has 0 bridgehead atoms. The largest absolute Gasteiger partial charge is 0.378 e. The zero-order valence-corrected chi connectivity index (χ0v) is 14.9. The Balaban J connectivity index is 2.51. The molecular weight excluding hydrogens is 302 g/mol. The average molecular weight is 327 g/mol. The van der Waals surface area contributed by atoms with Gasteiger partial charge in [0.1, 0.15) is 0 Å². The zero-order chi connectivity index (χ0) is 17.7. The van der Waals surface area contributed by atoms with Gasteiger partial charge in [-0.3, -0.25) is 0 Å². The van der Waals surface area contributed by atoms with Crippen molar-refractivity contribution < 1.29 is 0 Å². The molecule has 1 aliphatic carbocycles. The second-order valence-electron chi connectivity index (χ2n) is 5.73. The minimum absolute atomic E-state index is 1.14. The molecule has 1 aromatic carbocycles. The maximum Gasteiger partial charge on any atom is 0.0361 e. The van der Waals surface area contributed by atoms with E-state index in [4.69, 9.17) is 0 Å². The third kappa shape index (κ3) is 6.92. The molecule has 25 heavy (non-hydrogen) atoms. The van der Waals surface area contributed by atoms with Gasteiger partial charge >= 0.3 is 0 Å². The summed E-state index contributed by atoms with van der Waals surface area (Å²) >= 11 is 0. The van der Waals surface area contributed by atoms with Crippen molar-refractivity contribution in [2.75, 3.05) is 14.1 Å². The van der Waals surface area contributed by atoms with Crippen LogP contribution in [-0.4, -0.2) is 19.0 Å². The van der Waals surface area contributed by atoms with Gasteiger partial charge in [-0.2, -0.15) is 0 Å². The summed E-state index contributed by atoms with van der Waals surface area (Å²) < 4.78 is 0. The highest BCUT2D eigenvalue weighted by Gasteiger charge is 1.97. The Morgan fingerprint density at radius 3 is 1.68 bits per heavy atom. The van der Waals surface area contributed by atoms with Gasteiger partial charge in [-0.25, -0.2) is 0 Å². The minimum atomic E-state index is 1.14. The first-order chi connectivity index (χ1) is 12.3. The summed E-state index contributed by atoms with van der Waals surface area (Å²) in [5.41, 5.74) is 3.45. The van der Waals surface area contributed by atoms with Gasteiger partial charge in [-0.1, -0.05) is 103 Å². The number of nitrogens with zero attached hydrogens (tertiary/aromatic N) is 1. The van der Waals surface area contributed by atoms with Gasteiger partial charge in [0.25, 0.3) is 0 Å². The van der Waals surface area contributed by atoms with Crippen LogP contribution in [0, 0.1) is 0 Å². The van der Waals surface area contributed by atoms with Crippen molar-refractivity contribution in [3.63, 3.8) is 0 Å². The molecule has 0 aliphatic heterocycles. The number of hydrogen-bond donors (Lipinski definition) is 0. The molecule has 1 nitrogen and oxygen atoms in total. The highest BCUT2D eigenvalue weighted by Crippen LogP contribution is 2.16. The first-order valence-corrected chi connectivity index (χ1v) is 8.43. The van der Waals surface area contributed by atoms with Crippen LogP contribution in [-0.2, 0) is 0 Å². The summed E-state index contributed by atoms with van der Waals surface area (Å²) in [4.78, 5) is 2.11. The van der Waals surface area contributed by atoms with Crippen molar-refractivity contribution in [3.8, 4) is 0 Å². The molecule has 0 saturated carbocycles. The predicted molar refractivity (Wildman–Crippen MR) is 110 cm³/mol. The van der Waals surface area contributed by atoms with Crippen molar-refractivity contribution in [2.45, 2.75) is 0 Å². The average Bonchev–Trinajstić information content (AvgIpc) is 2.60. The van der Waals surface area contributed by atoms with E-state index >= 15 is 0 Å². The van der Waals surface area contributed by atoms with Crippen molar-refractivity contribution in [2.24, 2.45) is 0 Å². The standard InChI is InChI=1S/C24H25N/c1-25(2)24-19-15-11-7-6-10-14-18-23(20-21-24)22-16-12-8-4-3-5-9-13-17-22/h3-21H,1-2H3/b4-3?,5-3?,7-6-,8-4?,9-5?,10-6?,11-7?,12-8?,13-9?,14-10-,15-11-,16-12?,17-13?,18-14?,19-15?,21-20?,22-16?,22-17?,23-18+,23-20?,24-19?,24-21?. The molecule has 0 spiro atoms. The maximum atomic E-state index is 2.16. The molecule has 126 valence electrons. The van der Waals surface area contributed by atoms with Crippen LogP contribution in [0.3, 0.4) is 0 Å². The van der Waals surface area contributed by atoms with Gasteiger partial charge in [0.05, 0.1) is 0 Å². The van der Waals surface area contributed by atoms with E-state index in [1.807, 2.05) is 54.6 Å². The Hall–Kier alpha value is -3.06. The topological polar surface area (TPSA) is 3.24 Å². The smallest absolute Gasteiger partial charge is 0.0361 e. The van der Waals surface area contributed by atoms with Gasteiger partial charge < -0.3 is 4.90 Å². The van der Waals surface area contributed by atoms with Crippen LogP contribution in [0.4, 0.5) is 0 Å². The van der Waals surface area contributed by atoms with Gasteiger partial charge in [-0.05, 0) is 23.3 Å². The summed E-state index contributed by atoms with van der Waals surface area (Å²) in [6.07, 6.45) is 20.8. The summed E-state index contributed by atoms with van der Waals surface area (Å²) in [6, 6.07) is 18.5. The molecule has 0 atom stereocenters. The van der Waals surface area contributed by atoms with Crippen molar-refractivity contribution in [3.05, 3.63) is 127 Å². The van der Waals surface area contributed by atoms with Crippen LogP contribution in [0.1, 0.15) is 5.56 Å². The van der Waals surface area contributed by atoms with Crippen molar-refractivity contribution >= 4 is 5.57 Å². The summed E-state index contributed by atoms with van der Waals surface area (Å²) in [7, 11) is 4.11. The molecule has 0 N–H and O–H groups in total. The van der Waals surface area contributed by atoms with Crippen molar-refractivity contribution in [1.29, 1.82) is 0 Å². The molecule has 0 unspecified atom stereocenters. The van der Waals surface area contributed by atoms with Gasteiger partial charge in [0.2, 0.25) is 0 Å². The summed E-state index contributed by atoms with van der Waals surface area (Å²) in [6.45, 7) is 0. The molecule has 1 heteroatoms. The second kappa shape index (κ2) is 10.7. The molecule has 1 aromatic rings. The van der Waals surface area contributed by atoms with E-state index in [0.717, 1.165) is 16.8 Å². The Morgan fingerprint density at radius 1 is 0.560 bits per heavy atom. The van der Waals surface area contributed by atoms with Crippen molar-refractivity contribution in [1.82, 2.24) is 4.90 Å². The van der Waals surface area contributed by atoms with Crippen LogP contribution < -0.4 is 0 Å². The van der Waals surface area contributed by atoms with E-state index in [0.29, 0.717) is 0 Å². The van der Waals surface area contributed by atoms with Crippen LogP contribution in [0.15, 0.2) is 121 Å². The lowest BCUT2D eigenvalue weighted by Gasteiger charge is -2.13. The van der Waals surface area contributed by atoms with Crippen LogP contribution >= 0.6 is 0 Å². The first-order valence-electron chi connectivity index (χ1n) is 8.43. The number of allylic oxidation sites excluding steroid dienone is 11. The molecule has 0 aromatic heterocycles. The van der Waals surface area contributed by atoms with Crippen LogP contribution in [0.2, 0.25) is 0 Å². The fourth-order valence-corrected chi connectivity index (χ4v) is 2.23. The van der Waals surface area contributed by atoms with E-state index in [1.165, 1.54) is 0 Å². The Bertz CT molecular complexity index is 760. The molecule has 0 radical (unpaired) electrons. The highest BCUT2D eigenvalue weighted by molar-refractivity contribution is 5.75. The Labute approximate surface area is 151 Å². The lowest BCUT2D eigenvalue weighted by atomic mass is 10.1. The number of hydrogen-bond acceptors (Lipinski definition) is 1. The van der Waals surface area contributed by atoms with Gasteiger partial charge in [0, 0.05) is 19.8 Å². The van der Waals surface area contributed by atoms with E-state index in [2.05, 4.69) is 79.7 Å². The predicted octanol–water partition coefficient (Wildman–Crippen LogP) is 5.88. The lowest BCUT2D eigenvalue weighted by Crippen LogP contribution is -2.08. The molecule has 0 heterocycles. The van der Waals surface area contributed by atoms with Crippen LogP contribution in [0.25, 0.3) is 5.57 Å². The van der Waals surface area contributed by atoms with E-state index < -0.39 is 0 Å². The molecule has 2 rings (SSSR count). The first kappa shape index (κ1) is 18.3. The number of likely N-dealkylation sites (N-methyl/N-ethyl adjacent to an activating group) is 1. The lowest BCUT2D eigenvalue weighted by molar-refractivity contribution is 0.530. The normalized spacial score (nSPS) is 19.8. The van der Waals surface area contributed by atoms with E-state index in [1.54, 1.807) is 0 Å². The Kier molecular flexibility index (Phi) is 7.80. The Morgan fingerprint density at radius 2 is 1.08 bits per heavy atom. The molecule has 1 aliphatic rings. The molecule has 0 saturated heterocycles. The van der Waals surface area contributed by atoms with Crippen LogP contribution in [0.5, 0.6) is 0 Å². The van der Waals surface area contributed by atoms with E-state index in [9.17, 15) is 0 Å². The molecular formula is C24H25N. The summed E-state index contributed by atoms with van der Waals surface area (Å²) in [5, 5.41) is 0. The molecule has 0 amide bonds. The van der Waals surface area contributed by atoms with E-state index in [-0.39, 0.29) is 0 Å². The third-order valence-corrected chi connectivity index (χ3v) is 3.60. The molecule has 0 fully saturated rings. The number of rotatable bonds is 2. The fraction of sp³-hybridized carbons (Fsp3) is 0.0833. The monoisotopic (exact) mass is 327 g/mol. The third-order valence-electron chi connectivity index (χ3n) is 3.60. The quantitative estimate of drug-likeness (QED) is 0.656. The summed E-state index contributed by atoms with van der Waals surface area (Å²) in [5.74, 6) is 0. The fourth-order valence-electron chi connectivity index (χ4n) is 2.23. The highest BCUT2D eigenvalue weighted by atomic mass is 15.1.